The van der Waals surface area contributed by atoms with Crippen molar-refractivity contribution in [2.75, 3.05) is 34.4 Å². The van der Waals surface area contributed by atoms with Crippen LogP contribution in [0.25, 0.3) is 0 Å². The first-order valence-corrected chi connectivity index (χ1v) is 7.29. The number of carbonyl (C=O) groups is 1. The average molecular weight is 292 g/mol. The first-order valence-electron chi connectivity index (χ1n) is 7.29. The van der Waals surface area contributed by atoms with Gasteiger partial charge in [-0.1, -0.05) is 6.92 Å². The molecule has 0 aromatic heterocycles. The van der Waals surface area contributed by atoms with E-state index in [1.165, 1.54) is 0 Å². The summed E-state index contributed by atoms with van der Waals surface area (Å²) in [7, 11) is 5.14. The first kappa shape index (κ1) is 15.6. The molecule has 1 saturated heterocycles. The maximum atomic E-state index is 12.6. The minimum atomic E-state index is 0.0531. The summed E-state index contributed by atoms with van der Waals surface area (Å²) in [5.74, 6) is 1.73. The number of piperidine rings is 1. The van der Waals surface area contributed by atoms with E-state index in [1.807, 2.05) is 11.9 Å². The van der Waals surface area contributed by atoms with Gasteiger partial charge >= 0.3 is 0 Å². The zero-order valence-electron chi connectivity index (χ0n) is 13.2. The van der Waals surface area contributed by atoms with Gasteiger partial charge in [0, 0.05) is 24.7 Å². The number of likely N-dealkylation sites (tertiary alicyclic amines) is 1. The molecule has 0 saturated carbocycles. The molecule has 1 aliphatic rings. The number of hydrogen-bond donors (Lipinski definition) is 1. The zero-order chi connectivity index (χ0) is 15.4. The van der Waals surface area contributed by atoms with Crippen molar-refractivity contribution in [3.05, 3.63) is 23.8 Å². The van der Waals surface area contributed by atoms with Gasteiger partial charge in [-0.2, -0.15) is 0 Å². The van der Waals surface area contributed by atoms with Crippen molar-refractivity contribution < 1.29 is 14.3 Å². The Morgan fingerprint density at radius 3 is 2.57 bits per heavy atom. The smallest absolute Gasteiger partial charge is 0.254 e. The molecule has 2 unspecified atom stereocenters. The molecule has 5 nitrogen and oxygen atoms in total. The second-order valence-electron chi connectivity index (χ2n) is 5.48. The predicted octanol–water partition coefficient (Wildman–Crippen LogP) is 1.77. The minimum absolute atomic E-state index is 0.0531. The number of benzene rings is 1. The van der Waals surface area contributed by atoms with Crippen LogP contribution in [0.5, 0.6) is 11.5 Å². The van der Waals surface area contributed by atoms with E-state index in [-0.39, 0.29) is 5.91 Å². The fraction of sp³-hybridized carbons (Fsp3) is 0.562. The monoisotopic (exact) mass is 292 g/mol. The van der Waals surface area contributed by atoms with Gasteiger partial charge in [-0.3, -0.25) is 4.79 Å². The molecule has 1 N–H and O–H groups in total. The number of rotatable bonds is 4. The van der Waals surface area contributed by atoms with Gasteiger partial charge in [-0.05, 0) is 37.6 Å². The summed E-state index contributed by atoms with van der Waals surface area (Å²) in [5, 5.41) is 3.31. The Bertz CT molecular complexity index is 504. The highest BCUT2D eigenvalue weighted by atomic mass is 16.5. The maximum absolute atomic E-state index is 12.6. The van der Waals surface area contributed by atoms with E-state index in [4.69, 9.17) is 9.47 Å². The van der Waals surface area contributed by atoms with Crippen LogP contribution in [0.1, 0.15) is 23.7 Å². The highest BCUT2D eigenvalue weighted by Gasteiger charge is 2.28. The molecule has 2 atom stereocenters. The molecule has 1 aromatic carbocycles. The Balaban J connectivity index is 2.13. The summed E-state index contributed by atoms with van der Waals surface area (Å²) in [5.41, 5.74) is 0.641. The molecule has 2 rings (SSSR count). The molecule has 1 aliphatic heterocycles. The van der Waals surface area contributed by atoms with Crippen molar-refractivity contribution >= 4 is 5.91 Å². The summed E-state index contributed by atoms with van der Waals surface area (Å²) < 4.78 is 10.5. The SMILES string of the molecule is CNC1CCN(C(=O)c2ccc(OC)c(OC)c2)CC1C. The highest BCUT2D eigenvalue weighted by molar-refractivity contribution is 5.95. The fourth-order valence-corrected chi connectivity index (χ4v) is 2.91. The quantitative estimate of drug-likeness (QED) is 0.919. The van der Waals surface area contributed by atoms with E-state index in [9.17, 15) is 4.79 Å². The molecule has 1 heterocycles. The van der Waals surface area contributed by atoms with Gasteiger partial charge in [0.05, 0.1) is 14.2 Å². The molecule has 1 fully saturated rings. The van der Waals surface area contributed by atoms with Crippen LogP contribution in [0.2, 0.25) is 0 Å². The van der Waals surface area contributed by atoms with Crippen molar-refractivity contribution in [1.82, 2.24) is 10.2 Å². The van der Waals surface area contributed by atoms with E-state index in [1.54, 1.807) is 32.4 Å². The normalized spacial score (nSPS) is 22.0. The second kappa shape index (κ2) is 6.80. The van der Waals surface area contributed by atoms with Crippen LogP contribution >= 0.6 is 0 Å². The molecule has 1 amide bonds. The number of nitrogens with one attached hydrogen (secondary N) is 1. The Hall–Kier alpha value is -1.75. The summed E-state index contributed by atoms with van der Waals surface area (Å²) in [4.78, 5) is 14.5. The van der Waals surface area contributed by atoms with Gasteiger partial charge in [0.2, 0.25) is 0 Å². The van der Waals surface area contributed by atoms with Crippen LogP contribution < -0.4 is 14.8 Å². The van der Waals surface area contributed by atoms with Gasteiger partial charge in [0.1, 0.15) is 0 Å². The zero-order valence-corrected chi connectivity index (χ0v) is 13.2. The molecule has 1 aromatic rings. The van der Waals surface area contributed by atoms with Crippen LogP contribution in [-0.2, 0) is 0 Å². The van der Waals surface area contributed by atoms with E-state index >= 15 is 0 Å². The molecule has 0 aliphatic carbocycles. The number of ether oxygens (including phenoxy) is 2. The lowest BCUT2D eigenvalue weighted by Gasteiger charge is -2.36. The number of methoxy groups -OCH3 is 2. The predicted molar refractivity (Wildman–Crippen MR) is 82.1 cm³/mol. The Morgan fingerprint density at radius 2 is 2.00 bits per heavy atom. The van der Waals surface area contributed by atoms with Gasteiger partial charge in [-0.25, -0.2) is 0 Å². The van der Waals surface area contributed by atoms with Crippen molar-refractivity contribution in [3.63, 3.8) is 0 Å². The lowest BCUT2D eigenvalue weighted by molar-refractivity contribution is 0.0649. The van der Waals surface area contributed by atoms with Crippen molar-refractivity contribution in [2.24, 2.45) is 5.92 Å². The third-order valence-corrected chi connectivity index (χ3v) is 4.19. The van der Waals surface area contributed by atoms with Crippen molar-refractivity contribution in [1.29, 1.82) is 0 Å². The molecule has 5 heteroatoms. The average Bonchev–Trinajstić information content (AvgIpc) is 2.53. The van der Waals surface area contributed by atoms with Crippen LogP contribution in [0, 0.1) is 5.92 Å². The number of nitrogens with zero attached hydrogens (tertiary/aromatic N) is 1. The summed E-state index contributed by atoms with van der Waals surface area (Å²) in [6.07, 6.45) is 0.983. The van der Waals surface area contributed by atoms with Gasteiger partial charge < -0.3 is 19.7 Å². The Kier molecular flexibility index (Phi) is 5.07. The molecular weight excluding hydrogens is 268 g/mol. The standard InChI is InChI=1S/C16H24N2O3/c1-11-10-18(8-7-13(11)17-2)16(19)12-5-6-14(20-3)15(9-12)21-4/h5-6,9,11,13,17H,7-8,10H2,1-4H3. The maximum Gasteiger partial charge on any atom is 0.254 e. The summed E-state index contributed by atoms with van der Waals surface area (Å²) in [6.45, 7) is 3.73. The van der Waals surface area contributed by atoms with Gasteiger partial charge in [0.25, 0.3) is 5.91 Å². The largest absolute Gasteiger partial charge is 0.493 e. The Labute approximate surface area is 126 Å². The van der Waals surface area contributed by atoms with Crippen LogP contribution in [0.15, 0.2) is 18.2 Å². The fourth-order valence-electron chi connectivity index (χ4n) is 2.91. The highest BCUT2D eigenvalue weighted by Crippen LogP contribution is 2.28. The molecule has 116 valence electrons. The molecular formula is C16H24N2O3. The first-order chi connectivity index (χ1) is 10.1. The van der Waals surface area contributed by atoms with E-state index in [0.29, 0.717) is 29.0 Å². The summed E-state index contributed by atoms with van der Waals surface area (Å²) in [6, 6.07) is 5.80. The molecule has 21 heavy (non-hydrogen) atoms. The topological polar surface area (TPSA) is 50.8 Å². The number of hydrogen-bond acceptors (Lipinski definition) is 4. The van der Waals surface area contributed by atoms with Crippen LogP contribution in [-0.4, -0.2) is 51.2 Å². The van der Waals surface area contributed by atoms with Crippen molar-refractivity contribution in [2.45, 2.75) is 19.4 Å². The minimum Gasteiger partial charge on any atom is -0.493 e. The van der Waals surface area contributed by atoms with E-state index in [2.05, 4.69) is 12.2 Å². The Morgan fingerprint density at radius 1 is 1.29 bits per heavy atom. The molecule has 0 spiro atoms. The number of amides is 1. The van der Waals surface area contributed by atoms with Gasteiger partial charge in [-0.15, -0.1) is 0 Å². The second-order valence-corrected chi connectivity index (χ2v) is 5.48. The van der Waals surface area contributed by atoms with E-state index < -0.39 is 0 Å². The van der Waals surface area contributed by atoms with Crippen LogP contribution in [0.3, 0.4) is 0 Å². The number of carbonyl (C=O) groups excluding carboxylic acids is 1. The third kappa shape index (κ3) is 3.29. The van der Waals surface area contributed by atoms with E-state index in [0.717, 1.165) is 19.5 Å². The lowest BCUT2D eigenvalue weighted by Crippen LogP contribution is -2.49. The summed E-state index contributed by atoms with van der Waals surface area (Å²) >= 11 is 0. The lowest BCUT2D eigenvalue weighted by atomic mass is 9.93. The van der Waals surface area contributed by atoms with Crippen LogP contribution in [0.4, 0.5) is 0 Å². The third-order valence-electron chi connectivity index (χ3n) is 4.19. The van der Waals surface area contributed by atoms with Gasteiger partial charge in [0.15, 0.2) is 11.5 Å². The molecule has 0 radical (unpaired) electrons. The van der Waals surface area contributed by atoms with Crippen molar-refractivity contribution in [3.8, 4) is 11.5 Å². The molecule has 0 bridgehead atoms.